The first-order valence-electron chi connectivity index (χ1n) is 16.1. The van der Waals surface area contributed by atoms with E-state index < -0.39 is 22.8 Å². The summed E-state index contributed by atoms with van der Waals surface area (Å²) in [5, 5.41) is 3.69. The molecule has 1 aromatic heterocycles. The maximum Gasteiger partial charge on any atom is 0.417 e. The number of halogens is 3. The molecular weight excluding hydrogens is 589 g/mol. The molecule has 2 amide bonds. The predicted molar refractivity (Wildman–Crippen MR) is 161 cm³/mol. The third kappa shape index (κ3) is 8.18. The number of carbonyl (C=O) groups is 2. The zero-order chi connectivity index (χ0) is 32.4. The van der Waals surface area contributed by atoms with Crippen molar-refractivity contribution in [3.05, 3.63) is 41.2 Å². The molecule has 4 unspecified atom stereocenters. The second-order valence-corrected chi connectivity index (χ2v) is 14.0. The molecule has 1 aromatic rings. The number of alkyl halides is 3. The number of ether oxygens (including phenoxy) is 3. The van der Waals surface area contributed by atoms with Gasteiger partial charge in [0.05, 0.1) is 23.7 Å². The molecule has 45 heavy (non-hydrogen) atoms. The van der Waals surface area contributed by atoms with Gasteiger partial charge in [-0.05, 0) is 76.8 Å². The molecule has 0 spiro atoms. The molecule has 4 heterocycles. The van der Waals surface area contributed by atoms with Gasteiger partial charge in [0.25, 0.3) is 0 Å². The molecule has 2 fully saturated rings. The SMILES string of the molecule is COC1COCCC1NC1C=CC(CCC2CCN(C(=O)OC(C)(C)C)CC2)(C(=O)N2CCc3ncc(C(F)(F)F)cc3C2)C1. The van der Waals surface area contributed by atoms with Crippen molar-refractivity contribution in [2.24, 2.45) is 11.3 Å². The quantitative estimate of drug-likeness (QED) is 0.416. The molecule has 5 rings (SSSR count). The summed E-state index contributed by atoms with van der Waals surface area (Å²) in [6, 6.07) is 1.19. The highest BCUT2D eigenvalue weighted by molar-refractivity contribution is 5.85. The molecule has 1 aliphatic carbocycles. The Morgan fingerprint density at radius 1 is 1.13 bits per heavy atom. The van der Waals surface area contributed by atoms with Gasteiger partial charge in [0.1, 0.15) is 5.60 Å². The van der Waals surface area contributed by atoms with Gasteiger partial charge < -0.3 is 29.3 Å². The van der Waals surface area contributed by atoms with Crippen LogP contribution in [0.3, 0.4) is 0 Å². The summed E-state index contributed by atoms with van der Waals surface area (Å²) >= 11 is 0. The second kappa shape index (κ2) is 13.6. The first-order chi connectivity index (χ1) is 21.3. The van der Waals surface area contributed by atoms with Crippen LogP contribution in [-0.2, 0) is 38.1 Å². The van der Waals surface area contributed by atoms with Gasteiger partial charge in [-0.1, -0.05) is 12.2 Å². The number of likely N-dealkylation sites (tertiary alicyclic amines) is 1. The number of rotatable bonds is 7. The Balaban J connectivity index is 1.28. The Morgan fingerprint density at radius 3 is 2.58 bits per heavy atom. The minimum absolute atomic E-state index is 0.0423. The normalized spacial score (nSPS) is 27.8. The lowest BCUT2D eigenvalue weighted by Crippen LogP contribution is -2.51. The van der Waals surface area contributed by atoms with E-state index in [-0.39, 0.29) is 36.7 Å². The maximum atomic E-state index is 14.4. The summed E-state index contributed by atoms with van der Waals surface area (Å²) in [5.74, 6) is 0.301. The second-order valence-electron chi connectivity index (χ2n) is 14.0. The van der Waals surface area contributed by atoms with Crippen LogP contribution in [0.2, 0.25) is 0 Å². The van der Waals surface area contributed by atoms with E-state index in [9.17, 15) is 22.8 Å². The first kappa shape index (κ1) is 33.7. The van der Waals surface area contributed by atoms with Crippen LogP contribution in [0.4, 0.5) is 18.0 Å². The van der Waals surface area contributed by atoms with Crippen LogP contribution in [-0.4, -0.2) is 90.5 Å². The van der Waals surface area contributed by atoms with Crippen molar-refractivity contribution in [1.29, 1.82) is 0 Å². The monoisotopic (exact) mass is 636 g/mol. The highest BCUT2D eigenvalue weighted by atomic mass is 19.4. The first-order valence-corrected chi connectivity index (χ1v) is 16.1. The molecule has 4 atom stereocenters. The van der Waals surface area contributed by atoms with Gasteiger partial charge in [0.2, 0.25) is 5.91 Å². The van der Waals surface area contributed by atoms with Gasteiger partial charge in [-0.25, -0.2) is 4.79 Å². The highest BCUT2D eigenvalue weighted by Gasteiger charge is 2.46. The topological polar surface area (TPSA) is 93.2 Å². The van der Waals surface area contributed by atoms with Crippen LogP contribution in [0.25, 0.3) is 0 Å². The molecule has 0 aromatic carbocycles. The van der Waals surface area contributed by atoms with Crippen molar-refractivity contribution in [3.63, 3.8) is 0 Å². The Morgan fingerprint density at radius 2 is 1.89 bits per heavy atom. The van der Waals surface area contributed by atoms with E-state index in [1.165, 1.54) is 0 Å². The van der Waals surface area contributed by atoms with E-state index in [1.54, 1.807) is 16.9 Å². The van der Waals surface area contributed by atoms with Crippen LogP contribution < -0.4 is 5.32 Å². The molecule has 3 aliphatic heterocycles. The molecule has 2 saturated heterocycles. The van der Waals surface area contributed by atoms with Gasteiger partial charge in [-0.2, -0.15) is 13.2 Å². The number of nitrogens with one attached hydrogen (secondary N) is 1. The van der Waals surface area contributed by atoms with E-state index in [1.807, 2.05) is 26.8 Å². The summed E-state index contributed by atoms with van der Waals surface area (Å²) < 4.78 is 57.1. The Labute approximate surface area is 263 Å². The zero-order valence-corrected chi connectivity index (χ0v) is 26.8. The number of fused-ring (bicyclic) bond motifs is 1. The van der Waals surface area contributed by atoms with Crippen molar-refractivity contribution in [3.8, 4) is 0 Å². The number of amides is 2. The third-order valence-electron chi connectivity index (χ3n) is 9.61. The van der Waals surface area contributed by atoms with Crippen LogP contribution in [0, 0.1) is 11.3 Å². The Bertz CT molecular complexity index is 1240. The highest BCUT2D eigenvalue weighted by Crippen LogP contribution is 2.42. The number of nitrogens with zero attached hydrogens (tertiary/aromatic N) is 3. The minimum atomic E-state index is -4.49. The van der Waals surface area contributed by atoms with Gasteiger partial charge in [0.15, 0.2) is 0 Å². The molecular formula is C33H47F3N4O5. The number of methoxy groups -OCH3 is 1. The minimum Gasteiger partial charge on any atom is -0.444 e. The molecule has 12 heteroatoms. The fraction of sp³-hybridized carbons (Fsp3) is 0.727. The van der Waals surface area contributed by atoms with Crippen molar-refractivity contribution >= 4 is 12.0 Å². The summed E-state index contributed by atoms with van der Waals surface area (Å²) in [6.07, 6.45) is 5.01. The Hall–Kier alpha value is -2.70. The van der Waals surface area contributed by atoms with Crippen LogP contribution in [0.1, 0.15) is 76.1 Å². The van der Waals surface area contributed by atoms with Crippen LogP contribution in [0.15, 0.2) is 24.4 Å². The molecule has 4 aliphatic rings. The van der Waals surface area contributed by atoms with E-state index in [0.717, 1.165) is 37.9 Å². The molecule has 9 nitrogen and oxygen atoms in total. The zero-order valence-electron chi connectivity index (χ0n) is 26.8. The fourth-order valence-electron chi connectivity index (χ4n) is 7.07. The lowest BCUT2D eigenvalue weighted by molar-refractivity contribution is -0.141. The average molecular weight is 637 g/mol. The molecule has 250 valence electrons. The van der Waals surface area contributed by atoms with Crippen molar-refractivity contribution < 1.29 is 37.0 Å². The lowest BCUT2D eigenvalue weighted by atomic mass is 9.76. The molecule has 1 N–H and O–H groups in total. The molecule has 0 radical (unpaired) electrons. The standard InChI is InChI=1S/C33H47F3N4O5/c1-31(2,3)45-30(42)39-13-7-22(8-14-39)5-11-32(12-6-25(18-32)38-27-10-16-44-21-28(27)43-4)29(41)40-15-9-26-23(20-40)17-24(19-37-26)33(34,35)36/h6,12,17,19,22,25,27-28,38H,5,7-11,13-16,18,20-21H2,1-4H3. The van der Waals surface area contributed by atoms with E-state index in [0.29, 0.717) is 69.3 Å². The number of hydrogen-bond acceptors (Lipinski definition) is 7. The average Bonchev–Trinajstić information content (AvgIpc) is 3.42. The van der Waals surface area contributed by atoms with Gasteiger partial charge >= 0.3 is 12.3 Å². The van der Waals surface area contributed by atoms with E-state index in [2.05, 4.69) is 16.4 Å². The number of pyridine rings is 1. The van der Waals surface area contributed by atoms with Gasteiger partial charge in [0, 0.05) is 70.3 Å². The summed E-state index contributed by atoms with van der Waals surface area (Å²) in [7, 11) is 1.67. The number of aromatic nitrogens is 1. The lowest BCUT2D eigenvalue weighted by Gasteiger charge is -2.39. The maximum absolute atomic E-state index is 14.4. The fourth-order valence-corrected chi connectivity index (χ4v) is 7.07. The van der Waals surface area contributed by atoms with Crippen LogP contribution in [0.5, 0.6) is 0 Å². The summed E-state index contributed by atoms with van der Waals surface area (Å²) in [4.78, 5) is 34.5. The van der Waals surface area contributed by atoms with E-state index >= 15 is 0 Å². The van der Waals surface area contributed by atoms with Crippen molar-refractivity contribution in [2.45, 2.75) is 102 Å². The van der Waals surface area contributed by atoms with Gasteiger partial charge in [-0.3, -0.25) is 9.78 Å². The number of hydrogen-bond donors (Lipinski definition) is 1. The predicted octanol–water partition coefficient (Wildman–Crippen LogP) is 5.12. The van der Waals surface area contributed by atoms with Crippen molar-refractivity contribution in [1.82, 2.24) is 20.1 Å². The third-order valence-corrected chi connectivity index (χ3v) is 9.61. The number of piperidine rings is 1. The largest absolute Gasteiger partial charge is 0.444 e. The smallest absolute Gasteiger partial charge is 0.417 e. The van der Waals surface area contributed by atoms with Gasteiger partial charge in [-0.15, -0.1) is 0 Å². The Kier molecular flexibility index (Phi) is 10.2. The van der Waals surface area contributed by atoms with Crippen molar-refractivity contribution in [2.75, 3.05) is 40.0 Å². The van der Waals surface area contributed by atoms with E-state index in [4.69, 9.17) is 14.2 Å². The number of carbonyl (C=O) groups excluding carboxylic acids is 2. The summed E-state index contributed by atoms with van der Waals surface area (Å²) in [5.41, 5.74) is -1.05. The summed E-state index contributed by atoms with van der Waals surface area (Å²) in [6.45, 7) is 8.47. The molecule has 0 saturated carbocycles. The van der Waals surface area contributed by atoms with Crippen LogP contribution >= 0.6 is 0 Å². The molecule has 0 bridgehead atoms.